The molecule has 5 rings (SSSR count). The highest BCUT2D eigenvalue weighted by Gasteiger charge is 2.59. The van der Waals surface area contributed by atoms with Crippen LogP contribution in [0, 0.1) is 16.7 Å². The predicted molar refractivity (Wildman–Crippen MR) is 121 cm³/mol. The largest absolute Gasteiger partial charge is 0.414 e. The van der Waals surface area contributed by atoms with Crippen molar-refractivity contribution in [1.29, 1.82) is 0 Å². The van der Waals surface area contributed by atoms with Crippen molar-refractivity contribution in [2.75, 3.05) is 0 Å². The number of benzene rings is 1. The van der Waals surface area contributed by atoms with E-state index >= 15 is 0 Å². The van der Waals surface area contributed by atoms with Gasteiger partial charge in [-0.15, -0.1) is 5.10 Å². The zero-order chi connectivity index (χ0) is 21.6. The molecule has 1 heterocycles. The number of carbonyl (C=O) groups excluding carboxylic acids is 1. The third-order valence-corrected chi connectivity index (χ3v) is 8.37. The Bertz CT molecular complexity index is 960. The van der Waals surface area contributed by atoms with Crippen molar-refractivity contribution in [1.82, 2.24) is 15.1 Å². The van der Waals surface area contributed by atoms with Gasteiger partial charge in [0.1, 0.15) is 0 Å². The second-order valence-electron chi connectivity index (χ2n) is 10.8. The molecule has 3 aliphatic rings. The first-order valence-corrected chi connectivity index (χ1v) is 12.0. The Labute approximate surface area is 185 Å². The zero-order valence-corrected chi connectivity index (χ0v) is 19.1. The smallest absolute Gasteiger partial charge is 0.389 e. The van der Waals surface area contributed by atoms with Crippen molar-refractivity contribution in [2.45, 2.75) is 84.7 Å². The van der Waals surface area contributed by atoms with Gasteiger partial charge in [-0.25, -0.2) is 4.79 Å². The monoisotopic (exact) mass is 421 g/mol. The highest BCUT2D eigenvalue weighted by Crippen LogP contribution is 2.62. The lowest BCUT2D eigenvalue weighted by atomic mass is 9.68. The molecule has 1 aromatic carbocycles. The number of rotatable bonds is 4. The number of hydrogen-bond donors (Lipinski definition) is 1. The Morgan fingerprint density at radius 3 is 2.68 bits per heavy atom. The van der Waals surface area contributed by atoms with Gasteiger partial charge >= 0.3 is 6.09 Å². The number of fused-ring (bicyclic) bond motifs is 3. The fourth-order valence-electron chi connectivity index (χ4n) is 6.68. The molecule has 5 nitrogen and oxygen atoms in total. The van der Waals surface area contributed by atoms with Gasteiger partial charge < -0.3 is 10.1 Å². The van der Waals surface area contributed by atoms with Gasteiger partial charge in [0.25, 0.3) is 0 Å². The second kappa shape index (κ2) is 7.68. The van der Waals surface area contributed by atoms with E-state index in [1.54, 1.807) is 0 Å². The van der Waals surface area contributed by atoms with Crippen molar-refractivity contribution in [2.24, 2.45) is 16.7 Å². The molecule has 2 aromatic rings. The van der Waals surface area contributed by atoms with E-state index in [2.05, 4.69) is 55.0 Å². The number of carbonyl (C=O) groups is 1. The van der Waals surface area contributed by atoms with Crippen LogP contribution in [0.1, 0.15) is 76.1 Å². The molecule has 1 amide bonds. The van der Waals surface area contributed by atoms with E-state index in [1.807, 2.05) is 6.07 Å². The van der Waals surface area contributed by atoms with Crippen LogP contribution in [0.3, 0.4) is 0 Å². The molecule has 0 aliphatic heterocycles. The molecule has 1 N–H and O–H groups in total. The van der Waals surface area contributed by atoms with Crippen LogP contribution in [-0.2, 0) is 19.4 Å². The van der Waals surface area contributed by atoms with Crippen molar-refractivity contribution in [3.05, 3.63) is 47.2 Å². The molecule has 1 aromatic heterocycles. The average molecular weight is 422 g/mol. The predicted octanol–water partition coefficient (Wildman–Crippen LogP) is 5.50. The number of aromatic nitrogens is 2. The molecule has 5 heteroatoms. The number of hydrogen-bond acceptors (Lipinski definition) is 3. The van der Waals surface area contributed by atoms with Crippen LogP contribution < -0.4 is 10.1 Å². The first-order valence-electron chi connectivity index (χ1n) is 12.0. The molecule has 3 unspecified atom stereocenters. The van der Waals surface area contributed by atoms with Crippen LogP contribution in [0.4, 0.5) is 4.79 Å². The molecular weight excluding hydrogens is 386 g/mol. The maximum Gasteiger partial charge on any atom is 0.414 e. The first kappa shape index (κ1) is 20.6. The Hall–Kier alpha value is -2.30. The molecule has 0 radical (unpaired) electrons. The molecule has 2 bridgehead atoms. The van der Waals surface area contributed by atoms with Crippen molar-refractivity contribution in [3.63, 3.8) is 0 Å². The van der Waals surface area contributed by atoms with Crippen LogP contribution in [0.15, 0.2) is 30.3 Å². The summed E-state index contributed by atoms with van der Waals surface area (Å²) in [4.78, 5) is 13.0. The Morgan fingerprint density at radius 1 is 1.16 bits per heavy atom. The van der Waals surface area contributed by atoms with E-state index in [9.17, 15) is 4.79 Å². The van der Waals surface area contributed by atoms with E-state index in [-0.39, 0.29) is 23.0 Å². The maximum atomic E-state index is 13.0. The van der Waals surface area contributed by atoms with Crippen LogP contribution in [0.25, 0.3) is 0 Å². The fourth-order valence-corrected chi connectivity index (χ4v) is 6.68. The van der Waals surface area contributed by atoms with Crippen molar-refractivity contribution < 1.29 is 9.53 Å². The SMILES string of the molecule is CC12CCC(C1)C(C)(C)C2NC(=O)Oc1nn(Cc2ccccc2)c2c1CCCCC2. The summed E-state index contributed by atoms with van der Waals surface area (Å²) in [5.41, 5.74) is 3.86. The quantitative estimate of drug-likeness (QED) is 0.663. The normalized spacial score (nSPS) is 28.7. The topological polar surface area (TPSA) is 56.1 Å². The van der Waals surface area contributed by atoms with Crippen LogP contribution >= 0.6 is 0 Å². The number of nitrogens with zero attached hydrogens (tertiary/aromatic N) is 2. The van der Waals surface area contributed by atoms with E-state index in [4.69, 9.17) is 9.84 Å². The molecule has 0 spiro atoms. The Morgan fingerprint density at radius 2 is 1.94 bits per heavy atom. The molecular formula is C26H35N3O2. The lowest BCUT2D eigenvalue weighted by Crippen LogP contribution is -2.53. The lowest BCUT2D eigenvalue weighted by molar-refractivity contribution is 0.103. The minimum Gasteiger partial charge on any atom is -0.389 e. The summed E-state index contributed by atoms with van der Waals surface area (Å²) in [7, 11) is 0. The summed E-state index contributed by atoms with van der Waals surface area (Å²) >= 11 is 0. The third kappa shape index (κ3) is 3.66. The Kier molecular flexibility index (Phi) is 5.10. The highest BCUT2D eigenvalue weighted by atomic mass is 16.6. The first-order chi connectivity index (χ1) is 14.9. The van der Waals surface area contributed by atoms with Gasteiger partial charge in [0.2, 0.25) is 5.88 Å². The van der Waals surface area contributed by atoms with Gasteiger partial charge in [-0.3, -0.25) is 4.68 Å². The lowest BCUT2D eigenvalue weighted by Gasteiger charge is -2.42. The van der Waals surface area contributed by atoms with Gasteiger partial charge in [0.15, 0.2) is 0 Å². The second-order valence-corrected chi connectivity index (χ2v) is 10.8. The summed E-state index contributed by atoms with van der Waals surface area (Å²) in [6.07, 6.45) is 8.74. The summed E-state index contributed by atoms with van der Waals surface area (Å²) in [6, 6.07) is 10.5. The zero-order valence-electron chi connectivity index (χ0n) is 19.1. The highest BCUT2D eigenvalue weighted by molar-refractivity contribution is 5.71. The molecule has 166 valence electrons. The third-order valence-electron chi connectivity index (χ3n) is 8.37. The van der Waals surface area contributed by atoms with Gasteiger partial charge in [0, 0.05) is 17.3 Å². The van der Waals surface area contributed by atoms with Crippen LogP contribution in [-0.4, -0.2) is 21.9 Å². The van der Waals surface area contributed by atoms with Crippen LogP contribution in [0.5, 0.6) is 5.88 Å². The fraction of sp³-hybridized carbons (Fsp3) is 0.615. The summed E-state index contributed by atoms with van der Waals surface area (Å²) in [5.74, 6) is 1.19. The Balaban J connectivity index is 1.37. The van der Waals surface area contributed by atoms with Crippen molar-refractivity contribution in [3.8, 4) is 5.88 Å². The molecule has 2 saturated carbocycles. The van der Waals surface area contributed by atoms with E-state index in [0.717, 1.165) is 31.2 Å². The summed E-state index contributed by atoms with van der Waals surface area (Å²) < 4.78 is 7.97. The number of ether oxygens (including phenoxy) is 1. The summed E-state index contributed by atoms with van der Waals surface area (Å²) in [5, 5.41) is 8.04. The molecule has 0 saturated heterocycles. The van der Waals surface area contributed by atoms with E-state index in [0.29, 0.717) is 18.3 Å². The maximum absolute atomic E-state index is 13.0. The van der Waals surface area contributed by atoms with E-state index in [1.165, 1.54) is 36.9 Å². The van der Waals surface area contributed by atoms with Gasteiger partial charge in [0.05, 0.1) is 6.54 Å². The van der Waals surface area contributed by atoms with Crippen molar-refractivity contribution >= 4 is 6.09 Å². The molecule has 3 atom stereocenters. The van der Waals surface area contributed by atoms with Gasteiger partial charge in [-0.1, -0.05) is 57.5 Å². The molecule has 3 aliphatic carbocycles. The van der Waals surface area contributed by atoms with E-state index < -0.39 is 0 Å². The minimum absolute atomic E-state index is 0.107. The standard InChI is InChI=1S/C26H35N3O2/c1-25(2)19-14-15-26(3,16-19)23(25)27-24(30)31-22-20-12-8-5-9-13-21(20)29(28-22)17-18-10-6-4-7-11-18/h4,6-7,10-11,19,23H,5,8-9,12-17H2,1-3H3,(H,27,30). The molecule has 31 heavy (non-hydrogen) atoms. The number of nitrogens with one attached hydrogen (secondary N) is 1. The number of amides is 1. The summed E-state index contributed by atoms with van der Waals surface area (Å²) in [6.45, 7) is 7.64. The van der Waals surface area contributed by atoms with Gasteiger partial charge in [-0.05, 0) is 67.3 Å². The average Bonchev–Trinajstić information content (AvgIpc) is 3.24. The van der Waals surface area contributed by atoms with Gasteiger partial charge in [-0.2, -0.15) is 0 Å². The minimum atomic E-state index is -0.344. The molecule has 2 fully saturated rings. The van der Waals surface area contributed by atoms with Crippen LogP contribution in [0.2, 0.25) is 0 Å².